The van der Waals surface area contributed by atoms with E-state index in [0.717, 1.165) is 24.3 Å². The summed E-state index contributed by atoms with van der Waals surface area (Å²) in [6, 6.07) is 9.27. The monoisotopic (exact) mass is 438 g/mol. The molecule has 0 aromatic heterocycles. The third-order valence-corrected chi connectivity index (χ3v) is 3.67. The molecule has 0 aliphatic carbocycles. The number of alkyl halides is 6. The molecule has 0 aliphatic heterocycles. The molecule has 0 saturated carbocycles. The first kappa shape index (κ1) is 22.6. The van der Waals surface area contributed by atoms with E-state index in [1.807, 2.05) is 0 Å². The number of carbonyl (C=O) groups is 1. The van der Waals surface area contributed by atoms with Gasteiger partial charge in [-0.05, 0) is 42.0 Å². The van der Waals surface area contributed by atoms with Crippen molar-refractivity contribution in [3.8, 4) is 11.5 Å². The van der Waals surface area contributed by atoms with E-state index in [9.17, 15) is 31.1 Å². The smallest absolute Gasteiger partial charge is 0.422 e. The molecule has 0 radical (unpaired) electrons. The van der Waals surface area contributed by atoms with Gasteiger partial charge in [-0.2, -0.15) is 26.3 Å². The standard InChI is InChI=1S/C19H13ClF6O3/c20-15-4-2-1-3-12(15)5-7-16(27)14-9-13(28-10-18(21,22)23)6-8-17(14)29-11-19(24,25)26/h1-9H,10-11H2. The number of hydrogen-bond acceptors (Lipinski definition) is 3. The van der Waals surface area contributed by atoms with Gasteiger partial charge in [-0.1, -0.05) is 29.8 Å². The minimum absolute atomic E-state index is 0.326. The number of halogens is 7. The summed E-state index contributed by atoms with van der Waals surface area (Å²) in [5.74, 6) is -1.61. The Morgan fingerprint density at radius 3 is 2.17 bits per heavy atom. The highest BCUT2D eigenvalue weighted by Gasteiger charge is 2.30. The molecule has 0 saturated heterocycles. The summed E-state index contributed by atoms with van der Waals surface area (Å²) in [6.45, 7) is -3.30. The molecule has 0 heterocycles. The van der Waals surface area contributed by atoms with Crippen molar-refractivity contribution in [2.24, 2.45) is 0 Å². The molecule has 0 bridgehead atoms. The minimum atomic E-state index is -4.67. The summed E-state index contributed by atoms with van der Waals surface area (Å²) in [5.41, 5.74) is 0.0713. The first-order chi connectivity index (χ1) is 13.4. The van der Waals surface area contributed by atoms with Crippen molar-refractivity contribution < 1.29 is 40.6 Å². The van der Waals surface area contributed by atoms with E-state index in [1.54, 1.807) is 24.3 Å². The molecule has 2 aromatic carbocycles. The molecule has 0 spiro atoms. The topological polar surface area (TPSA) is 35.5 Å². The first-order valence-electron chi connectivity index (χ1n) is 7.95. The Kier molecular flexibility index (Phi) is 7.18. The fraction of sp³-hybridized carbons (Fsp3) is 0.211. The molecule has 0 N–H and O–H groups in total. The molecule has 0 fully saturated rings. The lowest BCUT2D eigenvalue weighted by atomic mass is 10.1. The second kappa shape index (κ2) is 9.21. The van der Waals surface area contributed by atoms with Gasteiger partial charge in [0.2, 0.25) is 0 Å². The van der Waals surface area contributed by atoms with E-state index in [-0.39, 0.29) is 5.75 Å². The van der Waals surface area contributed by atoms with Gasteiger partial charge in [-0.3, -0.25) is 4.79 Å². The lowest BCUT2D eigenvalue weighted by Crippen LogP contribution is -2.21. The second-order valence-corrected chi connectivity index (χ2v) is 6.09. The summed E-state index contributed by atoms with van der Waals surface area (Å²) < 4.78 is 83.4. The lowest BCUT2D eigenvalue weighted by Gasteiger charge is -2.14. The SMILES string of the molecule is O=C(C=Cc1ccccc1Cl)c1cc(OCC(F)(F)F)ccc1OCC(F)(F)F. The molecule has 0 amide bonds. The molecule has 3 nitrogen and oxygen atoms in total. The van der Waals surface area contributed by atoms with Crippen LogP contribution in [-0.4, -0.2) is 31.3 Å². The van der Waals surface area contributed by atoms with Crippen molar-refractivity contribution in [2.75, 3.05) is 13.2 Å². The van der Waals surface area contributed by atoms with Crippen molar-refractivity contribution >= 4 is 23.5 Å². The van der Waals surface area contributed by atoms with Crippen LogP contribution in [0.5, 0.6) is 11.5 Å². The third-order valence-electron chi connectivity index (χ3n) is 3.33. The fourth-order valence-electron chi connectivity index (χ4n) is 2.11. The molecular formula is C19H13ClF6O3. The van der Waals surface area contributed by atoms with Gasteiger partial charge in [0.1, 0.15) is 11.5 Å². The zero-order valence-electron chi connectivity index (χ0n) is 14.5. The maximum Gasteiger partial charge on any atom is 0.422 e. The zero-order valence-corrected chi connectivity index (χ0v) is 15.2. The van der Waals surface area contributed by atoms with E-state index >= 15 is 0 Å². The maximum absolute atomic E-state index is 12.5. The highest BCUT2D eigenvalue weighted by atomic mass is 35.5. The average Bonchev–Trinajstić information content (AvgIpc) is 2.63. The summed E-state index contributed by atoms with van der Waals surface area (Å²) in [4.78, 5) is 12.5. The Morgan fingerprint density at radius 1 is 0.931 bits per heavy atom. The van der Waals surface area contributed by atoms with Crippen LogP contribution in [0.2, 0.25) is 5.02 Å². The quantitative estimate of drug-likeness (QED) is 0.297. The Labute approximate surface area is 166 Å². The summed E-state index contributed by atoms with van der Waals surface area (Å²) in [7, 11) is 0. The van der Waals surface area contributed by atoms with Crippen LogP contribution in [0.3, 0.4) is 0 Å². The average molecular weight is 439 g/mol. The predicted molar refractivity (Wildman–Crippen MR) is 94.4 cm³/mol. The Morgan fingerprint density at radius 2 is 1.55 bits per heavy atom. The number of carbonyl (C=O) groups excluding carboxylic acids is 1. The fourth-order valence-corrected chi connectivity index (χ4v) is 2.31. The molecular weight excluding hydrogens is 426 g/mol. The molecule has 2 aromatic rings. The van der Waals surface area contributed by atoms with E-state index in [0.29, 0.717) is 10.6 Å². The number of allylic oxidation sites excluding steroid dienone is 1. The lowest BCUT2D eigenvalue weighted by molar-refractivity contribution is -0.154. The largest absolute Gasteiger partial charge is 0.484 e. The van der Waals surface area contributed by atoms with Crippen molar-refractivity contribution in [2.45, 2.75) is 12.4 Å². The molecule has 156 valence electrons. The molecule has 10 heteroatoms. The van der Waals surface area contributed by atoms with Gasteiger partial charge in [0, 0.05) is 5.02 Å². The normalized spacial score (nSPS) is 12.2. The number of hydrogen-bond donors (Lipinski definition) is 0. The van der Waals surface area contributed by atoms with Gasteiger partial charge in [0.05, 0.1) is 5.56 Å². The van der Waals surface area contributed by atoms with Crippen molar-refractivity contribution in [3.63, 3.8) is 0 Å². The Balaban J connectivity index is 2.30. The van der Waals surface area contributed by atoms with Gasteiger partial charge >= 0.3 is 12.4 Å². The van der Waals surface area contributed by atoms with E-state index in [1.165, 1.54) is 6.08 Å². The van der Waals surface area contributed by atoms with E-state index in [2.05, 4.69) is 9.47 Å². The molecule has 0 atom stereocenters. The second-order valence-electron chi connectivity index (χ2n) is 5.68. The Bertz CT molecular complexity index is 890. The van der Waals surface area contributed by atoms with Crippen LogP contribution in [0.15, 0.2) is 48.5 Å². The summed E-state index contributed by atoms with van der Waals surface area (Å²) in [5, 5.41) is 0.326. The summed E-state index contributed by atoms with van der Waals surface area (Å²) >= 11 is 5.96. The number of rotatable bonds is 7. The van der Waals surface area contributed by atoms with Crippen molar-refractivity contribution in [3.05, 3.63) is 64.7 Å². The highest BCUT2D eigenvalue weighted by Crippen LogP contribution is 2.29. The number of ketones is 1. The Hall–Kier alpha value is -2.68. The van der Waals surface area contributed by atoms with E-state index < -0.39 is 42.7 Å². The van der Waals surface area contributed by atoms with Gasteiger partial charge in [-0.25, -0.2) is 0 Å². The van der Waals surface area contributed by atoms with Gasteiger partial charge < -0.3 is 9.47 Å². The molecule has 2 rings (SSSR count). The number of ether oxygens (including phenoxy) is 2. The molecule has 0 unspecified atom stereocenters. The van der Waals surface area contributed by atoms with Crippen molar-refractivity contribution in [1.82, 2.24) is 0 Å². The van der Waals surface area contributed by atoms with Crippen LogP contribution in [0, 0.1) is 0 Å². The first-order valence-corrected chi connectivity index (χ1v) is 8.32. The van der Waals surface area contributed by atoms with Crippen LogP contribution < -0.4 is 9.47 Å². The zero-order chi connectivity index (χ0) is 21.7. The minimum Gasteiger partial charge on any atom is -0.484 e. The van der Waals surface area contributed by atoms with Crippen LogP contribution in [0.4, 0.5) is 26.3 Å². The third kappa shape index (κ3) is 7.69. The van der Waals surface area contributed by atoms with Crippen LogP contribution in [-0.2, 0) is 0 Å². The van der Waals surface area contributed by atoms with Gasteiger partial charge in [-0.15, -0.1) is 0 Å². The predicted octanol–water partition coefficient (Wildman–Crippen LogP) is 6.12. The molecule has 0 aliphatic rings. The van der Waals surface area contributed by atoms with E-state index in [4.69, 9.17) is 11.6 Å². The maximum atomic E-state index is 12.5. The van der Waals surface area contributed by atoms with Crippen LogP contribution in [0.1, 0.15) is 15.9 Å². The van der Waals surface area contributed by atoms with Crippen LogP contribution >= 0.6 is 11.6 Å². The number of benzene rings is 2. The summed E-state index contributed by atoms with van der Waals surface area (Å²) in [6.07, 6.45) is -6.95. The van der Waals surface area contributed by atoms with Gasteiger partial charge in [0.25, 0.3) is 0 Å². The molecule has 29 heavy (non-hydrogen) atoms. The van der Waals surface area contributed by atoms with Crippen LogP contribution in [0.25, 0.3) is 6.08 Å². The highest BCUT2D eigenvalue weighted by molar-refractivity contribution is 6.32. The van der Waals surface area contributed by atoms with Crippen molar-refractivity contribution in [1.29, 1.82) is 0 Å². The van der Waals surface area contributed by atoms with Gasteiger partial charge in [0.15, 0.2) is 19.0 Å².